The van der Waals surface area contributed by atoms with Gasteiger partial charge < -0.3 is 4.74 Å². The highest BCUT2D eigenvalue weighted by atomic mass is 32.2. The monoisotopic (exact) mass is 468 g/mol. The Labute approximate surface area is 194 Å². The van der Waals surface area contributed by atoms with E-state index in [1.807, 2.05) is 48.1 Å². The summed E-state index contributed by atoms with van der Waals surface area (Å²) in [6.45, 7) is 4.93. The van der Waals surface area contributed by atoms with E-state index in [9.17, 15) is 9.59 Å². The fourth-order valence-corrected chi connectivity index (χ4v) is 5.36. The normalized spacial score (nSPS) is 11.3. The summed E-state index contributed by atoms with van der Waals surface area (Å²) in [4.78, 5) is 35.2. The maximum atomic E-state index is 13.1. The zero-order valence-electron chi connectivity index (χ0n) is 18.2. The molecule has 4 rings (SSSR count). The van der Waals surface area contributed by atoms with Crippen molar-refractivity contribution in [2.24, 2.45) is 0 Å². The molecule has 3 heterocycles. The molecule has 0 aliphatic rings. The minimum Gasteiger partial charge on any atom is -0.385 e. The SMILES string of the molecule is COCCCn1c(SCC(=O)c2cc(C)n(-c3nccs3)c2C)nc2ccccc2c1=O. The fourth-order valence-electron chi connectivity index (χ4n) is 3.70. The van der Waals surface area contributed by atoms with Gasteiger partial charge in [-0.15, -0.1) is 11.3 Å². The highest BCUT2D eigenvalue weighted by Gasteiger charge is 2.19. The molecule has 1 aromatic carbocycles. The van der Waals surface area contributed by atoms with Crippen LogP contribution in [0.15, 0.2) is 51.9 Å². The number of thiazole rings is 1. The lowest BCUT2D eigenvalue weighted by molar-refractivity contribution is 0.102. The van der Waals surface area contributed by atoms with Crippen LogP contribution in [-0.2, 0) is 11.3 Å². The first kappa shape index (κ1) is 22.4. The molecule has 9 heteroatoms. The fraction of sp³-hybridized carbons (Fsp3) is 0.304. The van der Waals surface area contributed by atoms with Gasteiger partial charge in [0.05, 0.1) is 16.7 Å². The van der Waals surface area contributed by atoms with Gasteiger partial charge in [-0.2, -0.15) is 0 Å². The Morgan fingerprint density at radius 1 is 1.25 bits per heavy atom. The molecule has 0 aliphatic carbocycles. The minimum atomic E-state index is -0.0939. The number of ketones is 1. The number of hydrogen-bond acceptors (Lipinski definition) is 7. The molecule has 0 saturated carbocycles. The average Bonchev–Trinajstić information content (AvgIpc) is 3.41. The molecule has 0 amide bonds. The summed E-state index contributed by atoms with van der Waals surface area (Å²) in [6, 6.07) is 9.20. The molecule has 0 bridgehead atoms. The first-order chi connectivity index (χ1) is 15.5. The lowest BCUT2D eigenvalue weighted by Gasteiger charge is -2.13. The highest BCUT2D eigenvalue weighted by molar-refractivity contribution is 7.99. The number of fused-ring (bicyclic) bond motifs is 1. The van der Waals surface area contributed by atoms with Gasteiger partial charge in [-0.25, -0.2) is 9.97 Å². The van der Waals surface area contributed by atoms with Crippen LogP contribution in [0.4, 0.5) is 0 Å². The molecule has 0 saturated heterocycles. The quantitative estimate of drug-likeness (QED) is 0.158. The van der Waals surface area contributed by atoms with Crippen LogP contribution < -0.4 is 5.56 Å². The number of carbonyl (C=O) groups is 1. The lowest BCUT2D eigenvalue weighted by Crippen LogP contribution is -2.24. The molecule has 0 radical (unpaired) electrons. The van der Waals surface area contributed by atoms with E-state index in [0.29, 0.717) is 41.2 Å². The summed E-state index contributed by atoms with van der Waals surface area (Å²) in [7, 11) is 1.64. The number of para-hydroxylation sites is 1. The second kappa shape index (κ2) is 9.81. The molecule has 0 fully saturated rings. The molecule has 0 aliphatic heterocycles. The van der Waals surface area contributed by atoms with Crippen molar-refractivity contribution in [1.82, 2.24) is 19.1 Å². The van der Waals surface area contributed by atoms with Crippen molar-refractivity contribution in [3.63, 3.8) is 0 Å². The van der Waals surface area contributed by atoms with Crippen molar-refractivity contribution >= 4 is 39.8 Å². The van der Waals surface area contributed by atoms with Crippen molar-refractivity contribution in [2.45, 2.75) is 32.0 Å². The molecule has 0 atom stereocenters. The number of carbonyl (C=O) groups excluding carboxylic acids is 1. The maximum Gasteiger partial charge on any atom is 0.262 e. The second-order valence-electron chi connectivity index (χ2n) is 7.36. The molecule has 32 heavy (non-hydrogen) atoms. The van der Waals surface area contributed by atoms with Crippen molar-refractivity contribution in [3.05, 3.63) is 69.2 Å². The van der Waals surface area contributed by atoms with Gasteiger partial charge >= 0.3 is 0 Å². The largest absolute Gasteiger partial charge is 0.385 e. The van der Waals surface area contributed by atoms with Gasteiger partial charge in [0.1, 0.15) is 0 Å². The van der Waals surface area contributed by atoms with E-state index in [0.717, 1.165) is 16.5 Å². The van der Waals surface area contributed by atoms with E-state index in [2.05, 4.69) is 9.97 Å². The van der Waals surface area contributed by atoms with Crippen molar-refractivity contribution in [3.8, 4) is 5.13 Å². The van der Waals surface area contributed by atoms with E-state index in [4.69, 9.17) is 4.74 Å². The Bertz CT molecular complexity index is 1310. The third-order valence-corrected chi connectivity index (χ3v) is 6.96. The summed E-state index contributed by atoms with van der Waals surface area (Å²) < 4.78 is 8.79. The van der Waals surface area contributed by atoms with Crippen molar-refractivity contribution < 1.29 is 9.53 Å². The number of rotatable bonds is 9. The third-order valence-electron chi connectivity index (χ3n) is 5.23. The number of methoxy groups -OCH3 is 1. The van der Waals surface area contributed by atoms with Crippen LogP contribution in [0.3, 0.4) is 0 Å². The van der Waals surface area contributed by atoms with E-state index in [1.165, 1.54) is 23.1 Å². The molecule has 4 aromatic rings. The number of nitrogens with zero attached hydrogens (tertiary/aromatic N) is 4. The van der Waals surface area contributed by atoms with Crippen LogP contribution in [0.2, 0.25) is 0 Å². The molecule has 7 nitrogen and oxygen atoms in total. The first-order valence-electron chi connectivity index (χ1n) is 10.2. The van der Waals surface area contributed by atoms with Gasteiger partial charge in [0.25, 0.3) is 5.56 Å². The van der Waals surface area contributed by atoms with Crippen LogP contribution in [0.1, 0.15) is 28.2 Å². The minimum absolute atomic E-state index is 0.00300. The topological polar surface area (TPSA) is 79.0 Å². The highest BCUT2D eigenvalue weighted by Crippen LogP contribution is 2.25. The molecular weight excluding hydrogens is 444 g/mol. The van der Waals surface area contributed by atoms with Gasteiger partial charge in [0, 0.05) is 48.8 Å². The predicted octanol–water partition coefficient (Wildman–Crippen LogP) is 4.27. The van der Waals surface area contributed by atoms with Gasteiger partial charge in [0.2, 0.25) is 0 Å². The number of hydrogen-bond donors (Lipinski definition) is 0. The standard InChI is InChI=1S/C23H24N4O3S2/c1-15-13-18(16(2)27(15)22-24-9-12-31-22)20(28)14-32-23-25-19-8-5-4-7-17(19)21(29)26(23)10-6-11-30-3/h4-5,7-9,12-13H,6,10-11,14H2,1-3H3. The summed E-state index contributed by atoms with van der Waals surface area (Å²) >= 11 is 2.83. The van der Waals surface area contributed by atoms with Crippen LogP contribution in [0.25, 0.3) is 16.0 Å². The first-order valence-corrected chi connectivity index (χ1v) is 12.1. The van der Waals surface area contributed by atoms with Gasteiger partial charge in [-0.1, -0.05) is 23.9 Å². The van der Waals surface area contributed by atoms with Crippen LogP contribution in [0, 0.1) is 13.8 Å². The number of aromatic nitrogens is 4. The van der Waals surface area contributed by atoms with E-state index < -0.39 is 0 Å². The maximum absolute atomic E-state index is 13.1. The molecule has 0 N–H and O–H groups in total. The molecule has 166 valence electrons. The Morgan fingerprint density at radius 2 is 2.06 bits per heavy atom. The zero-order chi connectivity index (χ0) is 22.7. The number of aryl methyl sites for hydroxylation is 1. The smallest absolute Gasteiger partial charge is 0.262 e. The molecule has 0 unspecified atom stereocenters. The van der Waals surface area contributed by atoms with Crippen molar-refractivity contribution in [2.75, 3.05) is 19.5 Å². The number of thioether (sulfide) groups is 1. The lowest BCUT2D eigenvalue weighted by atomic mass is 10.2. The van der Waals surface area contributed by atoms with E-state index >= 15 is 0 Å². The van der Waals surface area contributed by atoms with Gasteiger partial charge in [-0.05, 0) is 38.5 Å². The molecular formula is C23H24N4O3S2. The Morgan fingerprint density at radius 3 is 2.81 bits per heavy atom. The van der Waals surface area contributed by atoms with Gasteiger partial charge in [-0.3, -0.25) is 18.7 Å². The second-order valence-corrected chi connectivity index (χ2v) is 9.18. The predicted molar refractivity (Wildman–Crippen MR) is 128 cm³/mol. The number of Topliss-reactive ketones (excluding diaryl/α,β-unsaturated/α-hetero) is 1. The van der Waals surface area contributed by atoms with Crippen molar-refractivity contribution in [1.29, 1.82) is 0 Å². The average molecular weight is 469 g/mol. The van der Waals surface area contributed by atoms with Gasteiger partial charge in [0.15, 0.2) is 16.1 Å². The number of ether oxygens (including phenoxy) is 1. The van der Waals surface area contributed by atoms with Crippen LogP contribution in [-0.4, -0.2) is 44.4 Å². The van der Waals surface area contributed by atoms with Crippen LogP contribution >= 0.6 is 23.1 Å². The summed E-state index contributed by atoms with van der Waals surface area (Å²) in [6.07, 6.45) is 2.44. The summed E-state index contributed by atoms with van der Waals surface area (Å²) in [5.74, 6) is 0.189. The molecule has 3 aromatic heterocycles. The zero-order valence-corrected chi connectivity index (χ0v) is 19.8. The van der Waals surface area contributed by atoms with E-state index in [1.54, 1.807) is 23.9 Å². The Balaban J connectivity index is 1.61. The third kappa shape index (κ3) is 4.41. The van der Waals surface area contributed by atoms with Crippen LogP contribution in [0.5, 0.6) is 0 Å². The number of benzene rings is 1. The summed E-state index contributed by atoms with van der Waals surface area (Å²) in [5, 5.41) is 3.88. The summed E-state index contributed by atoms with van der Waals surface area (Å²) in [5.41, 5.74) is 3.04. The molecule has 0 spiro atoms. The Kier molecular flexibility index (Phi) is 6.88. The Hall–Kier alpha value is -2.75. The van der Waals surface area contributed by atoms with E-state index in [-0.39, 0.29) is 17.1 Å².